The van der Waals surface area contributed by atoms with Crippen molar-refractivity contribution in [2.45, 2.75) is 20.0 Å². The Morgan fingerprint density at radius 3 is 2.54 bits per heavy atom. The molecule has 0 unspecified atom stereocenters. The van der Waals surface area contributed by atoms with Gasteiger partial charge in [-0.15, -0.1) is 0 Å². The Labute approximate surface area is 80.0 Å². The van der Waals surface area contributed by atoms with Crippen LogP contribution in [0.15, 0.2) is 36.4 Å². The Balaban J connectivity index is 2.33. The summed E-state index contributed by atoms with van der Waals surface area (Å²) in [6.45, 7) is 4.76. The van der Waals surface area contributed by atoms with Crippen molar-refractivity contribution in [3.63, 3.8) is 0 Å². The molecular weight excluding hydrogens is 160 g/mol. The molecule has 70 valence electrons. The Morgan fingerprint density at radius 1 is 1.23 bits per heavy atom. The molecule has 0 spiro atoms. The Hall–Kier alpha value is -1.08. The van der Waals surface area contributed by atoms with E-state index in [9.17, 15) is 0 Å². The Kier molecular flexibility index (Phi) is 4.27. The van der Waals surface area contributed by atoms with Gasteiger partial charge in [-0.1, -0.05) is 42.5 Å². The zero-order chi connectivity index (χ0) is 9.52. The van der Waals surface area contributed by atoms with Crippen LogP contribution in [0.2, 0.25) is 0 Å². The molecule has 0 radical (unpaired) electrons. The molecule has 1 aromatic carbocycles. The predicted octanol–water partition coefficient (Wildman–Crippen LogP) is 3.12. The average Bonchev–Trinajstić information content (AvgIpc) is 2.14. The fourth-order valence-corrected chi connectivity index (χ4v) is 0.996. The van der Waals surface area contributed by atoms with Crippen molar-refractivity contribution in [2.75, 3.05) is 6.61 Å². The lowest BCUT2D eigenvalue weighted by atomic mass is 10.2. The lowest BCUT2D eigenvalue weighted by molar-refractivity contribution is 0.103. The van der Waals surface area contributed by atoms with Gasteiger partial charge in [-0.2, -0.15) is 0 Å². The molecule has 0 heterocycles. The normalized spacial score (nSPS) is 11.3. The van der Waals surface area contributed by atoms with E-state index in [-0.39, 0.29) is 0 Å². The smallest absolute Gasteiger partial charge is 0.0654 e. The number of ether oxygens (including phenoxy) is 1. The highest BCUT2D eigenvalue weighted by atomic mass is 16.5. The summed E-state index contributed by atoms with van der Waals surface area (Å²) >= 11 is 0. The molecule has 0 aliphatic rings. The van der Waals surface area contributed by atoms with Gasteiger partial charge in [0.1, 0.15) is 0 Å². The summed E-state index contributed by atoms with van der Waals surface area (Å²) < 4.78 is 5.38. The third-order valence-corrected chi connectivity index (χ3v) is 1.64. The van der Waals surface area contributed by atoms with E-state index in [2.05, 4.69) is 18.2 Å². The molecule has 0 aliphatic carbocycles. The van der Waals surface area contributed by atoms with Crippen LogP contribution in [0.4, 0.5) is 0 Å². The minimum atomic E-state index is 0.306. The van der Waals surface area contributed by atoms with Gasteiger partial charge in [0, 0.05) is 0 Å². The van der Waals surface area contributed by atoms with Crippen LogP contribution >= 0.6 is 0 Å². The van der Waals surface area contributed by atoms with Crippen molar-refractivity contribution < 1.29 is 4.74 Å². The van der Waals surface area contributed by atoms with Gasteiger partial charge in [-0.25, -0.2) is 0 Å². The van der Waals surface area contributed by atoms with Gasteiger partial charge < -0.3 is 4.74 Å². The molecule has 13 heavy (non-hydrogen) atoms. The van der Waals surface area contributed by atoms with Gasteiger partial charge in [-0.3, -0.25) is 0 Å². The molecule has 0 bridgehead atoms. The van der Waals surface area contributed by atoms with Crippen LogP contribution in [0.5, 0.6) is 0 Å². The van der Waals surface area contributed by atoms with Crippen LogP contribution in [0, 0.1) is 0 Å². The van der Waals surface area contributed by atoms with Crippen LogP contribution in [0.25, 0.3) is 6.08 Å². The SMILES string of the molecule is CC(C)OCC=Cc1ccccc1. The fourth-order valence-electron chi connectivity index (χ4n) is 0.996. The Morgan fingerprint density at radius 2 is 1.92 bits per heavy atom. The van der Waals surface area contributed by atoms with Gasteiger partial charge in [-0.05, 0) is 19.4 Å². The van der Waals surface area contributed by atoms with Crippen LogP contribution in [-0.2, 0) is 4.74 Å². The maximum absolute atomic E-state index is 5.38. The van der Waals surface area contributed by atoms with Gasteiger partial charge in [0.2, 0.25) is 0 Å². The largest absolute Gasteiger partial charge is 0.375 e. The summed E-state index contributed by atoms with van der Waals surface area (Å²) in [6, 6.07) is 10.2. The third kappa shape index (κ3) is 4.48. The first-order valence-electron chi connectivity index (χ1n) is 4.62. The van der Waals surface area contributed by atoms with E-state index >= 15 is 0 Å². The van der Waals surface area contributed by atoms with Crippen molar-refractivity contribution >= 4 is 6.08 Å². The van der Waals surface area contributed by atoms with Crippen molar-refractivity contribution in [2.24, 2.45) is 0 Å². The standard InChI is InChI=1S/C12H16O/c1-11(2)13-10-6-9-12-7-4-3-5-8-12/h3-9,11H,10H2,1-2H3. The van der Waals surface area contributed by atoms with Gasteiger partial charge in [0.25, 0.3) is 0 Å². The Bertz CT molecular complexity index is 249. The molecule has 0 saturated heterocycles. The van der Waals surface area contributed by atoms with Gasteiger partial charge in [0.05, 0.1) is 12.7 Å². The zero-order valence-corrected chi connectivity index (χ0v) is 8.23. The van der Waals surface area contributed by atoms with Gasteiger partial charge >= 0.3 is 0 Å². The predicted molar refractivity (Wildman–Crippen MR) is 56.6 cm³/mol. The summed E-state index contributed by atoms with van der Waals surface area (Å²) in [7, 11) is 0. The zero-order valence-electron chi connectivity index (χ0n) is 8.23. The molecule has 1 aromatic rings. The van der Waals surface area contributed by atoms with Gasteiger partial charge in [0.15, 0.2) is 0 Å². The maximum Gasteiger partial charge on any atom is 0.0654 e. The summed E-state index contributed by atoms with van der Waals surface area (Å²) in [4.78, 5) is 0. The van der Waals surface area contributed by atoms with Crippen LogP contribution in [0.1, 0.15) is 19.4 Å². The van der Waals surface area contributed by atoms with E-state index in [0.29, 0.717) is 12.7 Å². The second-order valence-corrected chi connectivity index (χ2v) is 3.20. The molecule has 0 fully saturated rings. The molecular formula is C12H16O. The first kappa shape index (κ1) is 10.0. The van der Waals surface area contributed by atoms with Crippen LogP contribution < -0.4 is 0 Å². The topological polar surface area (TPSA) is 9.23 Å². The quantitative estimate of drug-likeness (QED) is 0.685. The van der Waals surface area contributed by atoms with E-state index in [4.69, 9.17) is 4.74 Å². The highest BCUT2D eigenvalue weighted by Gasteiger charge is 1.88. The first-order valence-corrected chi connectivity index (χ1v) is 4.62. The monoisotopic (exact) mass is 176 g/mol. The van der Waals surface area contributed by atoms with E-state index in [1.54, 1.807) is 0 Å². The van der Waals surface area contributed by atoms with Crippen molar-refractivity contribution in [3.8, 4) is 0 Å². The average molecular weight is 176 g/mol. The summed E-state index contributed by atoms with van der Waals surface area (Å²) in [5, 5.41) is 0. The molecule has 0 atom stereocenters. The second kappa shape index (κ2) is 5.55. The molecule has 1 rings (SSSR count). The highest BCUT2D eigenvalue weighted by molar-refractivity contribution is 5.48. The molecule has 0 aromatic heterocycles. The minimum absolute atomic E-state index is 0.306. The van der Waals surface area contributed by atoms with Crippen molar-refractivity contribution in [3.05, 3.63) is 42.0 Å². The third-order valence-electron chi connectivity index (χ3n) is 1.64. The van der Waals surface area contributed by atoms with E-state index in [1.807, 2.05) is 38.1 Å². The lowest BCUT2D eigenvalue weighted by Gasteiger charge is -2.02. The van der Waals surface area contributed by atoms with E-state index in [0.717, 1.165) is 0 Å². The summed E-state index contributed by atoms with van der Waals surface area (Å²) in [6.07, 6.45) is 4.41. The van der Waals surface area contributed by atoms with Crippen molar-refractivity contribution in [1.29, 1.82) is 0 Å². The number of hydrogen-bond donors (Lipinski definition) is 0. The van der Waals surface area contributed by atoms with Crippen LogP contribution in [0.3, 0.4) is 0 Å². The molecule has 0 saturated carbocycles. The highest BCUT2D eigenvalue weighted by Crippen LogP contribution is 2.00. The number of benzene rings is 1. The second-order valence-electron chi connectivity index (χ2n) is 3.20. The fraction of sp³-hybridized carbons (Fsp3) is 0.333. The van der Waals surface area contributed by atoms with E-state index < -0.39 is 0 Å². The van der Waals surface area contributed by atoms with Crippen LogP contribution in [-0.4, -0.2) is 12.7 Å². The molecule has 0 amide bonds. The molecule has 1 heteroatoms. The number of rotatable bonds is 4. The summed E-state index contributed by atoms with van der Waals surface area (Å²) in [5.74, 6) is 0. The molecule has 1 nitrogen and oxygen atoms in total. The first-order chi connectivity index (χ1) is 6.29. The number of hydrogen-bond acceptors (Lipinski definition) is 1. The van der Waals surface area contributed by atoms with Crippen molar-refractivity contribution in [1.82, 2.24) is 0 Å². The lowest BCUT2D eigenvalue weighted by Crippen LogP contribution is -2.01. The summed E-state index contributed by atoms with van der Waals surface area (Å²) in [5.41, 5.74) is 1.22. The van der Waals surface area contributed by atoms with E-state index in [1.165, 1.54) is 5.56 Å². The molecule has 0 aliphatic heterocycles. The maximum atomic E-state index is 5.38. The molecule has 0 N–H and O–H groups in total. The minimum Gasteiger partial charge on any atom is -0.375 e.